The molecule has 14 nitrogen and oxygen atoms in total. The fourth-order valence-electron chi connectivity index (χ4n) is 19.0. The van der Waals surface area contributed by atoms with E-state index in [0.717, 1.165) is 64.7 Å². The number of fused-ring (bicyclic) bond motifs is 8. The Kier molecular flexibility index (Phi) is 48.2. The van der Waals surface area contributed by atoms with Gasteiger partial charge in [0.2, 0.25) is 0 Å². The van der Waals surface area contributed by atoms with E-state index in [1.807, 2.05) is 0 Å². The Morgan fingerprint density at radius 1 is 0.295 bits per heavy atom. The molecule has 112 heavy (non-hydrogen) atoms. The zero-order chi connectivity index (χ0) is 79.9. The second kappa shape index (κ2) is 56.6. The van der Waals surface area contributed by atoms with E-state index in [-0.39, 0.29) is 0 Å². The van der Waals surface area contributed by atoms with Crippen LogP contribution in [0.3, 0.4) is 0 Å². The molecule has 0 radical (unpaired) electrons. The van der Waals surface area contributed by atoms with Crippen LogP contribution >= 0.6 is 0 Å². The third kappa shape index (κ3) is 35.4. The fourth-order valence-corrected chi connectivity index (χ4v) is 19.0. The third-order valence-electron chi connectivity index (χ3n) is 26.8. The summed E-state index contributed by atoms with van der Waals surface area (Å²) >= 11 is 0. The molecule has 8 bridgehead atoms. The third-order valence-corrected chi connectivity index (χ3v) is 26.8. The SMILES string of the molecule is CCCCCCCCCCCCCC1CCN(CCCNCCCc2c3[nH]c(c2C)C=c2[nH]c(c(C)c2CC)=Cc2[nH]c(c(C)c2CC)C=c2[nH]c(c(CCCNCCCN4CCCN(C)CCCCN(C)CCCN(C)C(CCCCCCCCCCCCC)CC4)c2C)=C3)CCCN(C)CCCCN(C)CCCN1C. The molecule has 0 aliphatic carbocycles. The highest BCUT2D eigenvalue weighted by atomic mass is 15.2. The van der Waals surface area contributed by atoms with Gasteiger partial charge in [-0.15, -0.1) is 0 Å². The molecular formula is C98H178N14. The van der Waals surface area contributed by atoms with Gasteiger partial charge in [0.15, 0.2) is 0 Å². The van der Waals surface area contributed by atoms with Gasteiger partial charge in [0.25, 0.3) is 0 Å². The Morgan fingerprint density at radius 2 is 0.616 bits per heavy atom. The van der Waals surface area contributed by atoms with Crippen molar-refractivity contribution in [3.63, 3.8) is 0 Å². The molecule has 3 aliphatic heterocycles. The molecule has 4 aromatic heterocycles. The van der Waals surface area contributed by atoms with Crippen LogP contribution in [0.5, 0.6) is 0 Å². The van der Waals surface area contributed by atoms with Crippen LogP contribution in [-0.2, 0) is 25.7 Å². The standard InChI is InChI=1S/C98H178N14/c1-15-19-21-23-25-27-29-31-33-35-37-51-85-55-75-111(73-49-67-107(11)63-41-39-61-105(9)65-47-69-109(85)13)71-45-59-99-57-43-53-89-83(7)92-77-91-81(5)87(17-3)95(101-91)78-93-82(6)88(18-4)96(102-93)79-94-84(8)90(98(104-94)80-97(89)103-92)54-44-58-100-60-46-72-112-74-50-68-108(12)64-42-40-62-106(10)66-48-70-110(14)86(56-76-112)52-38-36-34-32-30-28-26-24-22-20-16-2/h77-80,85-86,99-104H,15-76H2,1-14H3. The molecule has 6 N–H and O–H groups in total. The quantitative estimate of drug-likeness (QED) is 0.0211. The van der Waals surface area contributed by atoms with Crippen molar-refractivity contribution in [2.75, 3.05) is 173 Å². The van der Waals surface area contributed by atoms with Crippen LogP contribution < -0.4 is 32.0 Å². The second-order valence-electron chi connectivity index (χ2n) is 36.1. The number of unbranched alkanes of at least 4 members (excludes halogenated alkanes) is 20. The first-order valence-electron chi connectivity index (χ1n) is 47.9. The summed E-state index contributed by atoms with van der Waals surface area (Å²) in [4.78, 5) is 37.8. The molecule has 14 heteroatoms. The highest BCUT2D eigenvalue weighted by Gasteiger charge is 2.22. The number of aromatic nitrogens is 4. The summed E-state index contributed by atoms with van der Waals surface area (Å²) in [5, 5.41) is 12.9. The maximum Gasteiger partial charge on any atom is 0.0441 e. The molecule has 640 valence electrons. The zero-order valence-corrected chi connectivity index (χ0v) is 75.9. The first-order valence-corrected chi connectivity index (χ1v) is 47.9. The first-order chi connectivity index (χ1) is 54.6. The first kappa shape index (κ1) is 95.3. The van der Waals surface area contributed by atoms with Crippen molar-refractivity contribution in [3.05, 3.63) is 88.7 Å². The van der Waals surface area contributed by atoms with E-state index in [0.29, 0.717) is 12.1 Å². The number of rotatable bonds is 42. The van der Waals surface area contributed by atoms with Crippen molar-refractivity contribution in [2.45, 2.75) is 337 Å². The van der Waals surface area contributed by atoms with Crippen LogP contribution in [0.15, 0.2) is 0 Å². The van der Waals surface area contributed by atoms with Gasteiger partial charge >= 0.3 is 0 Å². The minimum absolute atomic E-state index is 0.666. The maximum absolute atomic E-state index is 4.10. The Hall–Kier alpha value is -3.80. The molecule has 0 aromatic carbocycles. The molecule has 0 saturated carbocycles. The Labute approximate surface area is 689 Å². The summed E-state index contributed by atoms with van der Waals surface area (Å²) in [6.45, 7) is 42.1. The van der Waals surface area contributed by atoms with E-state index in [1.54, 1.807) is 0 Å². The highest BCUT2D eigenvalue weighted by Crippen LogP contribution is 2.26. The van der Waals surface area contributed by atoms with Crippen LogP contribution in [0.1, 0.15) is 339 Å². The smallest absolute Gasteiger partial charge is 0.0441 e. The minimum Gasteiger partial charge on any atom is -0.355 e. The molecule has 7 rings (SSSR count). The molecule has 2 fully saturated rings. The monoisotopic (exact) mass is 1550 g/mol. The summed E-state index contributed by atoms with van der Waals surface area (Å²) in [5.41, 5.74) is 16.0. The van der Waals surface area contributed by atoms with E-state index in [2.05, 4.69) is 192 Å². The van der Waals surface area contributed by atoms with E-state index >= 15 is 0 Å². The van der Waals surface area contributed by atoms with Gasteiger partial charge < -0.3 is 69.8 Å². The average Bonchev–Trinajstić information content (AvgIpc) is 1.62. The Bertz CT molecular complexity index is 3350. The average molecular weight is 1550 g/mol. The van der Waals surface area contributed by atoms with Crippen molar-refractivity contribution in [1.82, 2.24) is 69.8 Å². The van der Waals surface area contributed by atoms with E-state index < -0.39 is 0 Å². The number of nitrogens with zero attached hydrogens (tertiary/aromatic N) is 8. The predicted molar refractivity (Wildman–Crippen MR) is 489 cm³/mol. The summed E-state index contributed by atoms with van der Waals surface area (Å²) in [5.74, 6) is 0. The lowest BCUT2D eigenvalue weighted by molar-refractivity contribution is 0.170. The van der Waals surface area contributed by atoms with Crippen LogP contribution in [-0.4, -0.2) is 244 Å². The number of hydrogen-bond donors (Lipinski definition) is 6. The van der Waals surface area contributed by atoms with Crippen molar-refractivity contribution < 1.29 is 0 Å². The highest BCUT2D eigenvalue weighted by molar-refractivity contribution is 5.65. The summed E-state index contributed by atoms with van der Waals surface area (Å²) in [7, 11) is 14.3. The molecule has 4 aromatic rings. The zero-order valence-electron chi connectivity index (χ0n) is 75.9. The molecule has 2 unspecified atom stereocenters. The second-order valence-corrected chi connectivity index (χ2v) is 36.1. The van der Waals surface area contributed by atoms with E-state index in [9.17, 15) is 0 Å². The van der Waals surface area contributed by atoms with Crippen molar-refractivity contribution in [1.29, 1.82) is 0 Å². The van der Waals surface area contributed by atoms with Gasteiger partial charge in [0.1, 0.15) is 0 Å². The van der Waals surface area contributed by atoms with Crippen molar-refractivity contribution in [2.24, 2.45) is 0 Å². The molecule has 2 saturated heterocycles. The summed E-state index contributed by atoms with van der Waals surface area (Å²) in [6.07, 6.45) is 64.9. The number of nitrogens with one attached hydrogen (secondary N) is 6. The molecule has 3 aliphatic rings. The van der Waals surface area contributed by atoms with Crippen LogP contribution in [0, 0.1) is 27.7 Å². The summed E-state index contributed by atoms with van der Waals surface area (Å²) < 4.78 is 0. The van der Waals surface area contributed by atoms with Crippen LogP contribution in [0.25, 0.3) is 24.3 Å². The molecule has 0 amide bonds. The van der Waals surface area contributed by atoms with Gasteiger partial charge in [0.05, 0.1) is 0 Å². The number of hydrogen-bond acceptors (Lipinski definition) is 10. The lowest BCUT2D eigenvalue weighted by Gasteiger charge is -2.32. The van der Waals surface area contributed by atoms with Crippen molar-refractivity contribution in [3.8, 4) is 0 Å². The van der Waals surface area contributed by atoms with Gasteiger partial charge in [-0.3, -0.25) is 0 Å². The van der Waals surface area contributed by atoms with E-state index in [1.165, 1.54) is 425 Å². The predicted octanol–water partition coefficient (Wildman–Crippen LogP) is 17.1. The van der Waals surface area contributed by atoms with Gasteiger partial charge in [-0.25, -0.2) is 0 Å². The van der Waals surface area contributed by atoms with Crippen molar-refractivity contribution >= 4 is 24.3 Å². The minimum atomic E-state index is 0.666. The lowest BCUT2D eigenvalue weighted by atomic mass is 10.0. The van der Waals surface area contributed by atoms with Crippen LogP contribution in [0.4, 0.5) is 0 Å². The van der Waals surface area contributed by atoms with Gasteiger partial charge in [-0.1, -0.05) is 169 Å². The van der Waals surface area contributed by atoms with Gasteiger partial charge in [-0.05, 0) is 398 Å². The topological polar surface area (TPSA) is 113 Å². The number of H-pyrrole nitrogens is 4. The fraction of sp³-hybridized carbons (Fsp3) is 0.796. The Morgan fingerprint density at radius 3 is 1.04 bits per heavy atom. The molecular weight excluding hydrogens is 1370 g/mol. The van der Waals surface area contributed by atoms with E-state index in [4.69, 9.17) is 0 Å². The largest absolute Gasteiger partial charge is 0.355 e. The molecule has 2 atom stereocenters. The summed E-state index contributed by atoms with van der Waals surface area (Å²) in [6, 6.07) is 1.33. The molecule has 7 heterocycles. The maximum atomic E-state index is 4.10. The Balaban J connectivity index is 1.02. The normalized spacial score (nSPS) is 19.0. The van der Waals surface area contributed by atoms with Crippen LogP contribution in [0.2, 0.25) is 0 Å². The van der Waals surface area contributed by atoms with Gasteiger partial charge in [0, 0.05) is 56.3 Å². The van der Waals surface area contributed by atoms with Gasteiger partial charge in [-0.2, -0.15) is 0 Å². The molecule has 0 spiro atoms. The lowest BCUT2D eigenvalue weighted by Crippen LogP contribution is -2.38. The number of aromatic amines is 4.